The van der Waals surface area contributed by atoms with Crippen molar-refractivity contribution in [1.82, 2.24) is 4.98 Å². The number of ether oxygens (including phenoxy) is 1. The lowest BCUT2D eigenvalue weighted by atomic mass is 9.67. The summed E-state index contributed by atoms with van der Waals surface area (Å²) in [6.07, 6.45) is 2.40. The molecule has 1 amide bonds. The van der Waals surface area contributed by atoms with E-state index in [0.717, 1.165) is 30.2 Å². The standard InChI is InChI=1S/C29H29N5O3/c1-3-37-27(35)21-11-13-23(14-12-21)34-28(36)29(20(2)31-34)18-22-8-4-5-9-24(22)33-17-16-32(19-25(29)33)26-10-6-7-15-30-26/h4-15,25H,3,16-19H2,1-2H3/t25-,29-/m1/s1. The van der Waals surface area contributed by atoms with Gasteiger partial charge in [-0.05, 0) is 68.3 Å². The summed E-state index contributed by atoms with van der Waals surface area (Å²) in [5.74, 6) is 0.498. The third-order valence-electron chi connectivity index (χ3n) is 7.79. The second-order valence-electron chi connectivity index (χ2n) is 9.69. The van der Waals surface area contributed by atoms with Crippen molar-refractivity contribution in [3.63, 3.8) is 0 Å². The Morgan fingerprint density at radius 3 is 2.59 bits per heavy atom. The predicted molar refractivity (Wildman–Crippen MR) is 143 cm³/mol. The quantitative estimate of drug-likeness (QED) is 0.511. The van der Waals surface area contributed by atoms with E-state index in [1.807, 2.05) is 37.4 Å². The van der Waals surface area contributed by atoms with Gasteiger partial charge in [0.15, 0.2) is 0 Å². The van der Waals surface area contributed by atoms with Crippen LogP contribution in [0.5, 0.6) is 0 Å². The van der Waals surface area contributed by atoms with Crippen LogP contribution in [-0.4, -0.2) is 54.9 Å². The third-order valence-corrected chi connectivity index (χ3v) is 7.79. The molecule has 2 atom stereocenters. The van der Waals surface area contributed by atoms with Gasteiger partial charge in [0, 0.05) is 31.5 Å². The molecule has 6 rings (SSSR count). The van der Waals surface area contributed by atoms with Crippen molar-refractivity contribution in [2.24, 2.45) is 10.5 Å². The Kier molecular flexibility index (Phi) is 5.67. The number of benzene rings is 2. The first-order valence-corrected chi connectivity index (χ1v) is 12.7. The van der Waals surface area contributed by atoms with Crippen molar-refractivity contribution in [1.29, 1.82) is 0 Å². The summed E-state index contributed by atoms with van der Waals surface area (Å²) in [5, 5.41) is 6.32. The first-order chi connectivity index (χ1) is 18.0. The second-order valence-corrected chi connectivity index (χ2v) is 9.69. The highest BCUT2D eigenvalue weighted by atomic mass is 16.5. The molecule has 1 fully saturated rings. The van der Waals surface area contributed by atoms with Crippen LogP contribution in [0.25, 0.3) is 0 Å². The predicted octanol–water partition coefficient (Wildman–Crippen LogP) is 3.92. The summed E-state index contributed by atoms with van der Waals surface area (Å²) in [4.78, 5) is 35.7. The summed E-state index contributed by atoms with van der Waals surface area (Å²) in [6.45, 7) is 6.33. The number of amides is 1. The average Bonchev–Trinajstić information content (AvgIpc) is 3.19. The zero-order chi connectivity index (χ0) is 25.6. The maximum absolute atomic E-state index is 14.4. The van der Waals surface area contributed by atoms with E-state index < -0.39 is 5.41 Å². The Morgan fingerprint density at radius 2 is 1.84 bits per heavy atom. The zero-order valence-electron chi connectivity index (χ0n) is 21.0. The smallest absolute Gasteiger partial charge is 0.338 e. The average molecular weight is 496 g/mol. The van der Waals surface area contributed by atoms with Crippen molar-refractivity contribution in [3.8, 4) is 0 Å². The van der Waals surface area contributed by atoms with Crippen molar-refractivity contribution in [3.05, 3.63) is 84.1 Å². The largest absolute Gasteiger partial charge is 0.462 e. The lowest BCUT2D eigenvalue weighted by Crippen LogP contribution is -2.67. The molecule has 1 saturated heterocycles. The van der Waals surface area contributed by atoms with Crippen LogP contribution in [0.15, 0.2) is 78.0 Å². The van der Waals surface area contributed by atoms with Crippen molar-refractivity contribution in [2.75, 3.05) is 41.0 Å². The number of para-hydroxylation sites is 1. The van der Waals surface area contributed by atoms with E-state index in [1.165, 1.54) is 10.7 Å². The van der Waals surface area contributed by atoms with Gasteiger partial charge in [-0.2, -0.15) is 10.1 Å². The maximum Gasteiger partial charge on any atom is 0.338 e. The molecule has 3 aliphatic heterocycles. The summed E-state index contributed by atoms with van der Waals surface area (Å²) in [6, 6.07) is 21.1. The molecule has 1 aromatic heterocycles. The summed E-state index contributed by atoms with van der Waals surface area (Å²) >= 11 is 0. The van der Waals surface area contributed by atoms with E-state index in [9.17, 15) is 9.59 Å². The minimum atomic E-state index is -0.804. The Hall–Kier alpha value is -4.20. The molecular formula is C29H29N5O3. The third kappa shape index (κ3) is 3.66. The minimum absolute atomic E-state index is 0.0405. The first kappa shape index (κ1) is 23.2. The van der Waals surface area contributed by atoms with Gasteiger partial charge < -0.3 is 14.5 Å². The molecule has 0 bridgehead atoms. The topological polar surface area (TPSA) is 78.3 Å². The lowest BCUT2D eigenvalue weighted by Gasteiger charge is -2.53. The van der Waals surface area contributed by atoms with E-state index >= 15 is 0 Å². The Labute approximate surface area is 216 Å². The summed E-state index contributed by atoms with van der Waals surface area (Å²) in [7, 11) is 0. The molecular weight excluding hydrogens is 466 g/mol. The van der Waals surface area contributed by atoms with Crippen LogP contribution in [0.3, 0.4) is 0 Å². The van der Waals surface area contributed by atoms with E-state index in [-0.39, 0.29) is 17.9 Å². The van der Waals surface area contributed by atoms with Crippen molar-refractivity contribution < 1.29 is 14.3 Å². The number of esters is 1. The number of anilines is 3. The van der Waals surface area contributed by atoms with Crippen molar-refractivity contribution >= 4 is 34.8 Å². The molecule has 8 nitrogen and oxygen atoms in total. The Bertz CT molecular complexity index is 1370. The van der Waals surface area contributed by atoms with Crippen LogP contribution in [0.2, 0.25) is 0 Å². The molecule has 3 aromatic rings. The van der Waals surface area contributed by atoms with Crippen LogP contribution < -0.4 is 14.8 Å². The number of pyridine rings is 1. The second kappa shape index (κ2) is 9.03. The van der Waals surface area contributed by atoms with E-state index in [0.29, 0.717) is 30.8 Å². The van der Waals surface area contributed by atoms with Gasteiger partial charge in [-0.3, -0.25) is 4.79 Å². The molecule has 0 aliphatic carbocycles. The Balaban J connectivity index is 1.38. The number of hydrogen-bond acceptors (Lipinski definition) is 7. The molecule has 3 aliphatic rings. The fraction of sp³-hybridized carbons (Fsp3) is 0.310. The minimum Gasteiger partial charge on any atom is -0.462 e. The number of carbonyl (C=O) groups excluding carboxylic acids is 2. The summed E-state index contributed by atoms with van der Waals surface area (Å²) in [5.41, 5.74) is 3.44. The van der Waals surface area contributed by atoms with E-state index in [4.69, 9.17) is 9.84 Å². The zero-order valence-corrected chi connectivity index (χ0v) is 21.0. The van der Waals surface area contributed by atoms with E-state index in [2.05, 4.69) is 33.0 Å². The molecule has 0 unspecified atom stereocenters. The highest BCUT2D eigenvalue weighted by Crippen LogP contribution is 2.48. The highest BCUT2D eigenvalue weighted by molar-refractivity contribution is 6.20. The Morgan fingerprint density at radius 1 is 1.05 bits per heavy atom. The van der Waals surface area contributed by atoms with Crippen LogP contribution in [0.4, 0.5) is 17.2 Å². The maximum atomic E-state index is 14.4. The molecule has 2 aromatic carbocycles. The number of piperazine rings is 1. The highest BCUT2D eigenvalue weighted by Gasteiger charge is 2.60. The van der Waals surface area contributed by atoms with Crippen LogP contribution >= 0.6 is 0 Å². The van der Waals surface area contributed by atoms with Gasteiger partial charge in [0.1, 0.15) is 11.2 Å². The van der Waals surface area contributed by atoms with Crippen LogP contribution in [-0.2, 0) is 16.0 Å². The molecule has 37 heavy (non-hydrogen) atoms. The van der Waals surface area contributed by atoms with Gasteiger partial charge in [0.25, 0.3) is 5.91 Å². The van der Waals surface area contributed by atoms with Gasteiger partial charge in [0.05, 0.1) is 29.6 Å². The van der Waals surface area contributed by atoms with Crippen molar-refractivity contribution in [2.45, 2.75) is 26.3 Å². The normalized spacial score (nSPS) is 22.5. The molecule has 8 heteroatoms. The van der Waals surface area contributed by atoms with Gasteiger partial charge in [-0.1, -0.05) is 24.3 Å². The molecule has 1 spiro atoms. The fourth-order valence-electron chi connectivity index (χ4n) is 5.94. The molecule has 0 radical (unpaired) electrons. The van der Waals surface area contributed by atoms with Gasteiger partial charge in [-0.25, -0.2) is 9.78 Å². The summed E-state index contributed by atoms with van der Waals surface area (Å²) < 4.78 is 5.10. The first-order valence-electron chi connectivity index (χ1n) is 12.7. The molecule has 188 valence electrons. The number of carbonyl (C=O) groups is 2. The molecule has 0 N–H and O–H groups in total. The number of hydrogen-bond donors (Lipinski definition) is 0. The fourth-order valence-corrected chi connectivity index (χ4v) is 5.94. The number of rotatable bonds is 4. The van der Waals surface area contributed by atoms with E-state index in [1.54, 1.807) is 31.2 Å². The molecule has 4 heterocycles. The number of aromatic nitrogens is 1. The van der Waals surface area contributed by atoms with Gasteiger partial charge in [-0.15, -0.1) is 0 Å². The van der Waals surface area contributed by atoms with Crippen LogP contribution in [0.1, 0.15) is 29.8 Å². The number of hydrazone groups is 1. The monoisotopic (exact) mass is 495 g/mol. The SMILES string of the molecule is CCOC(=O)c1ccc(N2N=C(C)[C@@]3(Cc4ccccc4N4CCN(c5ccccn5)C[C@@H]43)C2=O)cc1. The van der Waals surface area contributed by atoms with Gasteiger partial charge >= 0.3 is 5.97 Å². The molecule has 0 saturated carbocycles. The van der Waals surface area contributed by atoms with Gasteiger partial charge in [0.2, 0.25) is 0 Å². The van der Waals surface area contributed by atoms with Crippen LogP contribution in [0, 0.1) is 5.41 Å². The number of fused-ring (bicyclic) bond motifs is 4. The number of nitrogens with zero attached hydrogens (tertiary/aromatic N) is 5. The lowest BCUT2D eigenvalue weighted by molar-refractivity contribution is -0.125.